The van der Waals surface area contributed by atoms with Gasteiger partial charge >= 0.3 is 11.9 Å². The molecule has 0 amide bonds. The Labute approximate surface area is 353 Å². The van der Waals surface area contributed by atoms with Crippen molar-refractivity contribution in [2.75, 3.05) is 47.5 Å². The van der Waals surface area contributed by atoms with Crippen LogP contribution >= 0.6 is 7.82 Å². The van der Waals surface area contributed by atoms with Crippen molar-refractivity contribution in [3.8, 4) is 0 Å². The quantitative estimate of drug-likeness (QED) is 0.0116. The van der Waals surface area contributed by atoms with E-state index in [1.807, 2.05) is 57.6 Å². The fourth-order valence-electron chi connectivity index (χ4n) is 5.15. The lowest BCUT2D eigenvalue weighted by Crippen LogP contribution is -2.37. The van der Waals surface area contributed by atoms with Crippen molar-refractivity contribution in [1.29, 1.82) is 0 Å². The van der Waals surface area contributed by atoms with E-state index in [1.165, 1.54) is 57.1 Å². The van der Waals surface area contributed by atoms with E-state index >= 15 is 0 Å². The highest BCUT2D eigenvalue weighted by molar-refractivity contribution is 7.45. The van der Waals surface area contributed by atoms with Gasteiger partial charge in [-0.3, -0.25) is 9.36 Å². The molecule has 0 radical (unpaired) electrons. The number of quaternary nitrogens is 1. The standard InChI is InChI=1S/C48H78NO8P/c1-6-8-10-12-14-16-18-20-22-23-24-25-27-29-31-33-35-37-39-41-48(51)57-46(45-56-58(52,53)55-43-42-49(3,4)5)44-54-47(50)40-38-36-34-32-30-28-26-21-19-17-15-13-11-9-7-2/h9,11,15,17,21-27,29,31,33,35,37,39,41,46H,6-8,10,12-14,16,18-20,28,30,32,34,36,38,40,42-45H2,1-5H3/b11-9-,17-15-,23-22?,25-24?,26-21-,29-27?,33-31?,37-35?,41-39?/t46-/m1/s1. The molecule has 328 valence electrons. The third-order valence-electron chi connectivity index (χ3n) is 8.52. The summed E-state index contributed by atoms with van der Waals surface area (Å²) >= 11 is 0. The minimum absolute atomic E-state index is 0.0673. The summed E-state index contributed by atoms with van der Waals surface area (Å²) < 4.78 is 33.6. The molecule has 0 heterocycles. The Morgan fingerprint density at radius 2 is 1.12 bits per heavy atom. The number of esters is 2. The van der Waals surface area contributed by atoms with Crippen LogP contribution in [0.4, 0.5) is 0 Å². The van der Waals surface area contributed by atoms with E-state index in [9.17, 15) is 19.0 Å². The molecule has 0 aliphatic rings. The monoisotopic (exact) mass is 828 g/mol. The first-order valence-corrected chi connectivity index (χ1v) is 23.2. The number of phosphoric acid groups is 1. The van der Waals surface area contributed by atoms with Gasteiger partial charge < -0.3 is 27.9 Å². The minimum Gasteiger partial charge on any atom is -0.756 e. The van der Waals surface area contributed by atoms with Gasteiger partial charge in [0.25, 0.3) is 7.82 Å². The highest BCUT2D eigenvalue weighted by Gasteiger charge is 2.21. The van der Waals surface area contributed by atoms with Gasteiger partial charge in [-0.2, -0.15) is 0 Å². The number of rotatable bonds is 37. The first kappa shape index (κ1) is 54.7. The maximum atomic E-state index is 12.5. The summed E-state index contributed by atoms with van der Waals surface area (Å²) in [6.45, 7) is 3.86. The number of unbranched alkanes of at least 4 members (excludes halogenated alkanes) is 12. The van der Waals surface area contributed by atoms with Gasteiger partial charge in [-0.1, -0.05) is 175 Å². The smallest absolute Gasteiger partial charge is 0.331 e. The van der Waals surface area contributed by atoms with Crippen LogP contribution < -0.4 is 4.89 Å². The van der Waals surface area contributed by atoms with E-state index in [1.54, 1.807) is 12.2 Å². The molecule has 10 heteroatoms. The number of phosphoric ester groups is 1. The molecule has 1 unspecified atom stereocenters. The molecule has 0 fully saturated rings. The average molecular weight is 828 g/mol. The number of hydrogen-bond acceptors (Lipinski definition) is 8. The summed E-state index contributed by atoms with van der Waals surface area (Å²) in [5, 5.41) is 0. The summed E-state index contributed by atoms with van der Waals surface area (Å²) in [6.07, 6.45) is 53.3. The van der Waals surface area contributed by atoms with Crippen molar-refractivity contribution < 1.29 is 42.1 Å². The topological polar surface area (TPSA) is 111 Å². The lowest BCUT2D eigenvalue weighted by Gasteiger charge is -2.28. The molecule has 2 atom stereocenters. The lowest BCUT2D eigenvalue weighted by molar-refractivity contribution is -0.870. The minimum atomic E-state index is -4.68. The molecule has 0 aromatic heterocycles. The maximum Gasteiger partial charge on any atom is 0.331 e. The van der Waals surface area contributed by atoms with Crippen LogP contribution in [0.1, 0.15) is 129 Å². The van der Waals surface area contributed by atoms with Crippen molar-refractivity contribution in [2.45, 2.75) is 136 Å². The molecule has 0 aliphatic carbocycles. The normalized spacial score (nSPS) is 14.7. The molecular weight excluding hydrogens is 750 g/mol. The predicted octanol–water partition coefficient (Wildman–Crippen LogP) is 11.7. The van der Waals surface area contributed by atoms with Crippen molar-refractivity contribution in [3.63, 3.8) is 0 Å². The van der Waals surface area contributed by atoms with Crippen LogP contribution in [0.25, 0.3) is 0 Å². The largest absolute Gasteiger partial charge is 0.756 e. The van der Waals surface area contributed by atoms with Gasteiger partial charge in [0.1, 0.15) is 19.8 Å². The Morgan fingerprint density at radius 1 is 0.603 bits per heavy atom. The first-order valence-electron chi connectivity index (χ1n) is 21.7. The number of likely N-dealkylation sites (N-methyl/N-ethyl adjacent to an activating group) is 1. The molecular formula is C48H78NO8P. The van der Waals surface area contributed by atoms with E-state index in [0.29, 0.717) is 17.4 Å². The Bertz CT molecular complexity index is 1350. The summed E-state index contributed by atoms with van der Waals surface area (Å²) in [6, 6.07) is 0. The Kier molecular flexibility index (Phi) is 36.9. The van der Waals surface area contributed by atoms with E-state index in [4.69, 9.17) is 18.5 Å². The van der Waals surface area contributed by atoms with Gasteiger partial charge in [-0.15, -0.1) is 0 Å². The van der Waals surface area contributed by atoms with Gasteiger partial charge in [-0.05, 0) is 51.4 Å². The number of carbonyl (C=O) groups is 2. The SMILES string of the molecule is CC/C=C\C/C=C\C/C=C\CCCCCCCC(=O)OC[C@H](COP(=O)([O-])OCC[N+](C)(C)C)OC(=O)C=CC=CC=CC=CC=CC=CCCCCCCCCC. The summed E-state index contributed by atoms with van der Waals surface area (Å²) in [5.74, 6) is -1.18. The van der Waals surface area contributed by atoms with Crippen molar-refractivity contribution >= 4 is 19.8 Å². The van der Waals surface area contributed by atoms with Crippen molar-refractivity contribution in [1.82, 2.24) is 0 Å². The van der Waals surface area contributed by atoms with E-state index in [2.05, 4.69) is 62.5 Å². The second-order valence-electron chi connectivity index (χ2n) is 15.2. The Balaban J connectivity index is 4.67. The van der Waals surface area contributed by atoms with Crippen LogP contribution in [-0.4, -0.2) is 70.0 Å². The van der Waals surface area contributed by atoms with E-state index in [0.717, 1.165) is 57.8 Å². The lowest BCUT2D eigenvalue weighted by atomic mass is 10.1. The van der Waals surface area contributed by atoms with Gasteiger partial charge in [0.2, 0.25) is 0 Å². The summed E-state index contributed by atoms with van der Waals surface area (Å²) in [5.41, 5.74) is 0. The van der Waals surface area contributed by atoms with Gasteiger partial charge in [0.05, 0.1) is 27.7 Å². The molecule has 9 nitrogen and oxygen atoms in total. The van der Waals surface area contributed by atoms with Crippen molar-refractivity contribution in [3.05, 3.63) is 109 Å². The van der Waals surface area contributed by atoms with Crippen LogP contribution in [-0.2, 0) is 32.7 Å². The summed E-state index contributed by atoms with van der Waals surface area (Å²) in [7, 11) is 1.04. The Morgan fingerprint density at radius 3 is 1.72 bits per heavy atom. The number of ether oxygens (including phenoxy) is 2. The number of allylic oxidation sites excluding steroid dienone is 17. The summed E-state index contributed by atoms with van der Waals surface area (Å²) in [4.78, 5) is 37.4. The predicted molar refractivity (Wildman–Crippen MR) is 240 cm³/mol. The molecule has 58 heavy (non-hydrogen) atoms. The highest BCUT2D eigenvalue weighted by Crippen LogP contribution is 2.38. The molecule has 0 rings (SSSR count). The second-order valence-corrected chi connectivity index (χ2v) is 16.6. The van der Waals surface area contributed by atoms with Crippen molar-refractivity contribution in [2.24, 2.45) is 0 Å². The molecule has 0 aliphatic heterocycles. The van der Waals surface area contributed by atoms with Crippen LogP contribution in [0.5, 0.6) is 0 Å². The van der Waals surface area contributed by atoms with Crippen LogP contribution in [0.2, 0.25) is 0 Å². The third-order valence-corrected chi connectivity index (χ3v) is 9.48. The Hall–Kier alpha value is -3.33. The van der Waals surface area contributed by atoms with Gasteiger partial charge in [0, 0.05) is 12.5 Å². The van der Waals surface area contributed by atoms with Crippen LogP contribution in [0.15, 0.2) is 109 Å². The average Bonchev–Trinajstić information content (AvgIpc) is 3.17. The zero-order valence-electron chi connectivity index (χ0n) is 36.7. The van der Waals surface area contributed by atoms with Gasteiger partial charge in [0.15, 0.2) is 6.10 Å². The fraction of sp³-hybridized carbons (Fsp3) is 0.583. The van der Waals surface area contributed by atoms with Crippen LogP contribution in [0.3, 0.4) is 0 Å². The highest BCUT2D eigenvalue weighted by atomic mass is 31.2. The molecule has 0 saturated heterocycles. The molecule has 0 spiro atoms. The maximum absolute atomic E-state index is 12.5. The van der Waals surface area contributed by atoms with E-state index < -0.39 is 32.5 Å². The van der Waals surface area contributed by atoms with Gasteiger partial charge in [-0.25, -0.2) is 4.79 Å². The number of nitrogens with zero attached hydrogens (tertiary/aromatic N) is 1. The second kappa shape index (κ2) is 39.1. The molecule has 0 aromatic rings. The zero-order chi connectivity index (χ0) is 42.8. The first-order chi connectivity index (χ1) is 28.0. The fourth-order valence-corrected chi connectivity index (χ4v) is 5.87. The number of carbonyl (C=O) groups excluding carboxylic acids is 2. The molecule has 0 bridgehead atoms. The zero-order valence-corrected chi connectivity index (χ0v) is 37.6. The third kappa shape index (κ3) is 42.3. The number of hydrogen-bond donors (Lipinski definition) is 0. The molecule has 0 N–H and O–H groups in total. The van der Waals surface area contributed by atoms with Crippen LogP contribution in [0, 0.1) is 0 Å². The van der Waals surface area contributed by atoms with E-state index in [-0.39, 0.29) is 19.6 Å². The molecule has 0 aromatic carbocycles. The molecule has 0 saturated carbocycles.